The van der Waals surface area contributed by atoms with Gasteiger partial charge >= 0.3 is 0 Å². The maximum Gasteiger partial charge on any atom is 0.260 e. The van der Waals surface area contributed by atoms with Gasteiger partial charge in [-0.2, -0.15) is 0 Å². The summed E-state index contributed by atoms with van der Waals surface area (Å²) >= 11 is 0. The van der Waals surface area contributed by atoms with Crippen molar-refractivity contribution in [2.45, 2.75) is 6.54 Å². The molecule has 6 heteroatoms. The Bertz CT molecular complexity index is 430. The van der Waals surface area contributed by atoms with Crippen molar-refractivity contribution >= 4 is 13.0 Å². The van der Waals surface area contributed by atoms with Crippen LogP contribution >= 0.6 is 7.14 Å². The summed E-state index contributed by atoms with van der Waals surface area (Å²) in [6, 6.07) is 9.22. The number of nitrogens with zero attached hydrogens (tertiary/aromatic N) is 1. The number of rotatable bonds is 6. The topological polar surface area (TPSA) is 69.6 Å². The van der Waals surface area contributed by atoms with Gasteiger partial charge in [0.15, 0.2) is 0 Å². The van der Waals surface area contributed by atoms with Crippen LogP contribution in [-0.4, -0.2) is 42.3 Å². The van der Waals surface area contributed by atoms with Crippen LogP contribution in [0.4, 0.5) is 0 Å². The largest absolute Gasteiger partial charge is 0.323 e. The highest BCUT2D eigenvalue weighted by atomic mass is 31.2. The lowest BCUT2D eigenvalue weighted by Gasteiger charge is -2.16. The average molecular weight is 270 g/mol. The minimum Gasteiger partial charge on any atom is -0.323 e. The number of hydrogen-bond donors (Lipinski definition) is 2. The van der Waals surface area contributed by atoms with Crippen molar-refractivity contribution in [3.8, 4) is 0 Å². The standard InChI is InChI=1S/C12H19N2O3P/c1-18(2,17)10-13-8-12(15)14(16)9-11-6-4-3-5-7-11/h3-7,13,16H,8-10H2,1-2H3. The third kappa shape index (κ3) is 5.96. The Labute approximate surface area is 107 Å². The second-order valence-electron chi connectivity index (χ2n) is 4.60. The average Bonchev–Trinajstić information content (AvgIpc) is 2.28. The summed E-state index contributed by atoms with van der Waals surface area (Å²) in [6.45, 7) is 3.42. The molecule has 1 aromatic rings. The molecule has 0 radical (unpaired) electrons. The molecule has 0 aliphatic heterocycles. The van der Waals surface area contributed by atoms with Crippen molar-refractivity contribution in [2.24, 2.45) is 0 Å². The van der Waals surface area contributed by atoms with Crippen molar-refractivity contribution in [3.05, 3.63) is 35.9 Å². The molecule has 2 N–H and O–H groups in total. The second-order valence-corrected chi connectivity index (χ2v) is 8.06. The van der Waals surface area contributed by atoms with Crippen LogP contribution in [0, 0.1) is 0 Å². The fourth-order valence-electron chi connectivity index (χ4n) is 1.37. The number of carbonyl (C=O) groups is 1. The summed E-state index contributed by atoms with van der Waals surface area (Å²) in [4.78, 5) is 11.6. The van der Waals surface area contributed by atoms with E-state index in [1.54, 1.807) is 13.3 Å². The van der Waals surface area contributed by atoms with Crippen molar-refractivity contribution in [2.75, 3.05) is 26.2 Å². The molecule has 0 aromatic heterocycles. The molecule has 0 heterocycles. The van der Waals surface area contributed by atoms with E-state index in [9.17, 15) is 14.6 Å². The highest BCUT2D eigenvalue weighted by Crippen LogP contribution is 2.33. The third-order valence-corrected chi connectivity index (χ3v) is 3.22. The number of hydrogen-bond acceptors (Lipinski definition) is 4. The molecule has 1 amide bonds. The van der Waals surface area contributed by atoms with Crippen LogP contribution in [0.2, 0.25) is 0 Å². The van der Waals surface area contributed by atoms with E-state index in [1.807, 2.05) is 30.3 Å². The molecule has 5 nitrogen and oxygen atoms in total. The number of nitrogens with one attached hydrogen (secondary N) is 1. The molecule has 100 valence electrons. The van der Waals surface area contributed by atoms with Gasteiger partial charge in [-0.25, -0.2) is 5.06 Å². The van der Waals surface area contributed by atoms with Gasteiger partial charge in [-0.1, -0.05) is 30.3 Å². The maximum absolute atomic E-state index is 11.6. The zero-order valence-corrected chi connectivity index (χ0v) is 11.6. The highest BCUT2D eigenvalue weighted by Gasteiger charge is 2.12. The van der Waals surface area contributed by atoms with Gasteiger partial charge in [0.25, 0.3) is 5.91 Å². The van der Waals surface area contributed by atoms with Gasteiger partial charge < -0.3 is 9.88 Å². The minimum atomic E-state index is -2.18. The monoisotopic (exact) mass is 270 g/mol. The zero-order valence-electron chi connectivity index (χ0n) is 10.7. The molecule has 0 saturated heterocycles. The van der Waals surface area contributed by atoms with Gasteiger partial charge in [0, 0.05) is 6.29 Å². The Morgan fingerprint density at radius 2 is 1.94 bits per heavy atom. The summed E-state index contributed by atoms with van der Waals surface area (Å²) in [7, 11) is -2.18. The molecule has 0 unspecified atom stereocenters. The molecular weight excluding hydrogens is 251 g/mol. The van der Waals surface area contributed by atoms with Crippen molar-refractivity contribution in [1.82, 2.24) is 10.4 Å². The van der Waals surface area contributed by atoms with E-state index in [2.05, 4.69) is 5.32 Å². The molecule has 0 saturated carbocycles. The van der Waals surface area contributed by atoms with Crippen LogP contribution < -0.4 is 5.32 Å². The third-order valence-electron chi connectivity index (χ3n) is 2.23. The van der Waals surface area contributed by atoms with E-state index in [0.717, 1.165) is 5.56 Å². The lowest BCUT2D eigenvalue weighted by molar-refractivity contribution is -0.166. The molecule has 0 fully saturated rings. The van der Waals surface area contributed by atoms with Crippen LogP contribution in [0.1, 0.15) is 5.56 Å². The first kappa shape index (κ1) is 14.9. The van der Waals surface area contributed by atoms with E-state index in [1.165, 1.54) is 0 Å². The number of hydroxylamine groups is 2. The normalized spacial score (nSPS) is 11.3. The predicted octanol–water partition coefficient (Wildman–Crippen LogP) is 1.57. The van der Waals surface area contributed by atoms with Crippen molar-refractivity contribution < 1.29 is 14.6 Å². The minimum absolute atomic E-state index is 0.0188. The Morgan fingerprint density at radius 1 is 1.33 bits per heavy atom. The highest BCUT2D eigenvalue weighted by molar-refractivity contribution is 7.62. The van der Waals surface area contributed by atoms with Crippen LogP contribution in [0.5, 0.6) is 0 Å². The van der Waals surface area contributed by atoms with Gasteiger partial charge in [0.05, 0.1) is 20.2 Å². The molecule has 0 bridgehead atoms. The van der Waals surface area contributed by atoms with E-state index in [4.69, 9.17) is 0 Å². The van der Waals surface area contributed by atoms with E-state index < -0.39 is 13.0 Å². The van der Waals surface area contributed by atoms with Gasteiger partial charge in [0.1, 0.15) is 0 Å². The van der Waals surface area contributed by atoms with Crippen molar-refractivity contribution in [3.63, 3.8) is 0 Å². The fraction of sp³-hybridized carbons (Fsp3) is 0.417. The lowest BCUT2D eigenvalue weighted by atomic mass is 10.2. The molecule has 1 rings (SSSR count). The first-order valence-corrected chi connectivity index (χ1v) is 8.45. The lowest BCUT2D eigenvalue weighted by Crippen LogP contribution is -2.35. The maximum atomic E-state index is 11.6. The fourth-order valence-corrected chi connectivity index (χ4v) is 2.02. The Balaban J connectivity index is 2.36. The predicted molar refractivity (Wildman–Crippen MR) is 71.1 cm³/mol. The molecular formula is C12H19N2O3P. The molecule has 0 spiro atoms. The summed E-state index contributed by atoms with van der Waals surface area (Å²) in [6.07, 6.45) is 0.290. The summed E-state index contributed by atoms with van der Waals surface area (Å²) in [5, 5.41) is 13.0. The van der Waals surface area contributed by atoms with Crippen LogP contribution in [0.15, 0.2) is 30.3 Å². The van der Waals surface area contributed by atoms with Crippen molar-refractivity contribution in [1.29, 1.82) is 0 Å². The molecule has 0 atom stereocenters. The summed E-state index contributed by atoms with van der Waals surface area (Å²) < 4.78 is 11.4. The number of carbonyl (C=O) groups excluding carboxylic acids is 1. The summed E-state index contributed by atoms with van der Waals surface area (Å²) in [5.74, 6) is -0.438. The molecule has 0 aliphatic rings. The van der Waals surface area contributed by atoms with Gasteiger partial charge in [-0.05, 0) is 18.9 Å². The number of amides is 1. The SMILES string of the molecule is CP(C)(=O)CNCC(=O)N(O)Cc1ccccc1. The second kappa shape index (κ2) is 6.69. The van der Waals surface area contributed by atoms with Crippen LogP contribution in [0.25, 0.3) is 0 Å². The van der Waals surface area contributed by atoms with Crippen LogP contribution in [-0.2, 0) is 15.9 Å². The van der Waals surface area contributed by atoms with E-state index in [0.29, 0.717) is 5.06 Å². The Morgan fingerprint density at radius 3 is 2.50 bits per heavy atom. The quantitative estimate of drug-likeness (QED) is 0.468. The molecule has 0 aliphatic carbocycles. The molecule has 18 heavy (non-hydrogen) atoms. The molecule has 1 aromatic carbocycles. The van der Waals surface area contributed by atoms with Crippen LogP contribution in [0.3, 0.4) is 0 Å². The van der Waals surface area contributed by atoms with Gasteiger partial charge in [0.2, 0.25) is 0 Å². The summed E-state index contributed by atoms with van der Waals surface area (Å²) in [5.41, 5.74) is 0.852. The zero-order chi connectivity index (χ0) is 13.6. The number of benzene rings is 1. The first-order valence-electron chi connectivity index (χ1n) is 5.66. The van der Waals surface area contributed by atoms with Gasteiger partial charge in [-0.3, -0.25) is 10.0 Å². The van der Waals surface area contributed by atoms with E-state index >= 15 is 0 Å². The smallest absolute Gasteiger partial charge is 0.260 e. The first-order chi connectivity index (χ1) is 8.38. The van der Waals surface area contributed by atoms with Gasteiger partial charge in [-0.15, -0.1) is 0 Å². The van der Waals surface area contributed by atoms with E-state index in [-0.39, 0.29) is 19.4 Å². The Kier molecular flexibility index (Phi) is 5.54. The Hall–Kier alpha value is -1.16.